The van der Waals surface area contributed by atoms with Gasteiger partial charge >= 0.3 is 5.97 Å². The van der Waals surface area contributed by atoms with E-state index in [1.807, 2.05) is 39.8 Å². The maximum atomic E-state index is 13.1. The first-order valence-electron chi connectivity index (χ1n) is 12.3. The van der Waals surface area contributed by atoms with Gasteiger partial charge in [-0.15, -0.1) is 0 Å². The summed E-state index contributed by atoms with van der Waals surface area (Å²) in [6.07, 6.45) is 0.523. The van der Waals surface area contributed by atoms with Gasteiger partial charge in [0.25, 0.3) is 5.91 Å². The number of fused-ring (bicyclic) bond motifs is 2. The van der Waals surface area contributed by atoms with E-state index in [9.17, 15) is 9.59 Å². The Balaban J connectivity index is 1.28. The Kier molecular flexibility index (Phi) is 6.17. The molecule has 0 bridgehead atoms. The fraction of sp³-hybridized carbons (Fsp3) is 0.444. The highest BCUT2D eigenvalue weighted by Gasteiger charge is 2.38. The van der Waals surface area contributed by atoms with E-state index < -0.39 is 11.6 Å². The second-order valence-corrected chi connectivity index (χ2v) is 11.0. The van der Waals surface area contributed by atoms with Crippen LogP contribution in [0.15, 0.2) is 42.5 Å². The average molecular weight is 493 g/mol. The molecule has 2 aliphatic rings. The molecule has 7 nitrogen and oxygen atoms in total. The first-order valence-corrected chi connectivity index (χ1v) is 13.0. The van der Waals surface area contributed by atoms with Crippen molar-refractivity contribution >= 4 is 45.0 Å². The van der Waals surface area contributed by atoms with Gasteiger partial charge < -0.3 is 19.4 Å². The zero-order valence-corrected chi connectivity index (χ0v) is 21.6. The lowest BCUT2D eigenvalue weighted by molar-refractivity contribution is -0.160. The Morgan fingerprint density at radius 3 is 2.51 bits per heavy atom. The Hall–Kier alpha value is -3.13. The van der Waals surface area contributed by atoms with Gasteiger partial charge in [0.1, 0.15) is 17.5 Å². The van der Waals surface area contributed by atoms with Crippen LogP contribution in [-0.4, -0.2) is 59.0 Å². The molecule has 1 fully saturated rings. The van der Waals surface area contributed by atoms with Crippen LogP contribution in [-0.2, 0) is 16.1 Å². The third kappa shape index (κ3) is 4.59. The largest absolute Gasteiger partial charge is 0.458 e. The van der Waals surface area contributed by atoms with Crippen molar-refractivity contribution < 1.29 is 14.3 Å². The number of carbonyl (C=O) groups excluding carboxylic acids is 2. The van der Waals surface area contributed by atoms with Crippen LogP contribution in [0, 0.1) is 0 Å². The first kappa shape index (κ1) is 23.6. The summed E-state index contributed by atoms with van der Waals surface area (Å²) in [5.74, 6) is 0.643. The molecule has 0 spiro atoms. The van der Waals surface area contributed by atoms with Crippen molar-refractivity contribution in [3.8, 4) is 0 Å². The summed E-state index contributed by atoms with van der Waals surface area (Å²) in [7, 11) is 0. The number of hydrogen-bond acceptors (Lipinski definition) is 7. The van der Waals surface area contributed by atoms with E-state index in [4.69, 9.17) is 9.11 Å². The SMILES string of the molecule is CCC(C(=O)OC(C)(C)C)N1Cc2cc(N3CCN(c4nsc5ccccc45)CC3)ccc2C1=O. The molecule has 2 aromatic carbocycles. The molecule has 1 aromatic heterocycles. The molecule has 2 aliphatic heterocycles. The number of amides is 1. The summed E-state index contributed by atoms with van der Waals surface area (Å²) in [6, 6.07) is 13.9. The van der Waals surface area contributed by atoms with E-state index >= 15 is 0 Å². The number of hydrogen-bond donors (Lipinski definition) is 0. The molecule has 5 rings (SSSR count). The van der Waals surface area contributed by atoms with Crippen molar-refractivity contribution in [2.75, 3.05) is 36.0 Å². The number of aromatic nitrogens is 1. The van der Waals surface area contributed by atoms with E-state index in [1.54, 1.807) is 16.4 Å². The lowest BCUT2D eigenvalue weighted by atomic mass is 10.1. The Morgan fingerprint density at radius 1 is 1.09 bits per heavy atom. The number of esters is 1. The number of carbonyl (C=O) groups is 2. The Labute approximate surface area is 210 Å². The van der Waals surface area contributed by atoms with Crippen LogP contribution in [0.4, 0.5) is 11.5 Å². The Morgan fingerprint density at radius 2 is 1.80 bits per heavy atom. The predicted octanol–water partition coefficient (Wildman–Crippen LogP) is 4.70. The molecule has 1 atom stereocenters. The van der Waals surface area contributed by atoms with Gasteiger partial charge in [-0.2, -0.15) is 4.37 Å². The number of anilines is 2. The molecular formula is C27H32N4O3S. The van der Waals surface area contributed by atoms with Crippen LogP contribution in [0.5, 0.6) is 0 Å². The molecule has 0 aliphatic carbocycles. The van der Waals surface area contributed by atoms with Gasteiger partial charge in [0.2, 0.25) is 0 Å². The molecule has 3 aromatic rings. The predicted molar refractivity (Wildman–Crippen MR) is 140 cm³/mol. The van der Waals surface area contributed by atoms with Gasteiger partial charge in [0.15, 0.2) is 0 Å². The van der Waals surface area contributed by atoms with Gasteiger partial charge in [-0.25, -0.2) is 4.79 Å². The molecule has 3 heterocycles. The van der Waals surface area contributed by atoms with E-state index in [-0.39, 0.29) is 11.9 Å². The van der Waals surface area contributed by atoms with E-state index in [1.165, 1.54) is 10.1 Å². The minimum atomic E-state index is -0.583. The average Bonchev–Trinajstić information content (AvgIpc) is 3.40. The van der Waals surface area contributed by atoms with Crippen molar-refractivity contribution in [3.05, 3.63) is 53.6 Å². The summed E-state index contributed by atoms with van der Waals surface area (Å²) in [6.45, 7) is 11.5. The first-order chi connectivity index (χ1) is 16.7. The minimum Gasteiger partial charge on any atom is -0.458 e. The fourth-order valence-corrected chi connectivity index (χ4v) is 5.73. The van der Waals surface area contributed by atoms with Crippen molar-refractivity contribution in [2.24, 2.45) is 0 Å². The van der Waals surface area contributed by atoms with E-state index in [0.29, 0.717) is 18.5 Å². The summed E-state index contributed by atoms with van der Waals surface area (Å²) in [5.41, 5.74) is 2.19. The summed E-state index contributed by atoms with van der Waals surface area (Å²) in [4.78, 5) is 32.3. The lowest BCUT2D eigenvalue weighted by Crippen LogP contribution is -2.46. The molecule has 1 unspecified atom stereocenters. The number of ether oxygens (including phenoxy) is 1. The summed E-state index contributed by atoms with van der Waals surface area (Å²) in [5, 5.41) is 1.22. The molecule has 35 heavy (non-hydrogen) atoms. The van der Waals surface area contributed by atoms with Crippen LogP contribution in [0.25, 0.3) is 10.1 Å². The highest BCUT2D eigenvalue weighted by Crippen LogP contribution is 2.33. The monoisotopic (exact) mass is 492 g/mol. The van der Waals surface area contributed by atoms with Crippen LogP contribution in [0.3, 0.4) is 0 Å². The van der Waals surface area contributed by atoms with E-state index in [2.05, 4.69) is 40.1 Å². The van der Waals surface area contributed by atoms with E-state index in [0.717, 1.165) is 43.2 Å². The summed E-state index contributed by atoms with van der Waals surface area (Å²) >= 11 is 1.55. The number of benzene rings is 2. The second-order valence-electron chi connectivity index (χ2n) is 10.2. The number of nitrogens with zero attached hydrogens (tertiary/aromatic N) is 4. The van der Waals surface area contributed by atoms with Crippen molar-refractivity contribution in [1.29, 1.82) is 0 Å². The van der Waals surface area contributed by atoms with Gasteiger partial charge in [0.05, 0.1) is 4.70 Å². The highest BCUT2D eigenvalue weighted by atomic mass is 32.1. The van der Waals surface area contributed by atoms with Crippen LogP contribution >= 0.6 is 11.5 Å². The molecule has 1 amide bonds. The quantitative estimate of drug-likeness (QED) is 0.481. The third-order valence-corrected chi connectivity index (χ3v) is 7.48. The lowest BCUT2D eigenvalue weighted by Gasteiger charge is -2.36. The van der Waals surface area contributed by atoms with Crippen LogP contribution in [0.1, 0.15) is 50.0 Å². The number of rotatable bonds is 5. The molecule has 1 saturated heterocycles. The van der Waals surface area contributed by atoms with Crippen molar-refractivity contribution in [3.63, 3.8) is 0 Å². The molecule has 184 valence electrons. The van der Waals surface area contributed by atoms with Gasteiger partial charge in [-0.05, 0) is 74.6 Å². The van der Waals surface area contributed by atoms with Crippen molar-refractivity contribution in [1.82, 2.24) is 9.27 Å². The van der Waals surface area contributed by atoms with Crippen LogP contribution in [0.2, 0.25) is 0 Å². The molecular weight excluding hydrogens is 460 g/mol. The van der Waals surface area contributed by atoms with Crippen molar-refractivity contribution in [2.45, 2.75) is 52.3 Å². The number of piperazine rings is 1. The smallest absolute Gasteiger partial charge is 0.329 e. The topological polar surface area (TPSA) is 66.0 Å². The standard InChI is InChI=1S/C27H32N4O3S/c1-5-22(26(33)34-27(2,3)4)31-17-18-16-19(10-11-20(18)25(31)32)29-12-14-30(15-13-29)24-21-8-6-7-9-23(21)35-28-24/h6-11,16,22H,5,12-15,17H2,1-4H3. The summed E-state index contributed by atoms with van der Waals surface area (Å²) < 4.78 is 11.5. The Bertz CT molecular complexity index is 1260. The normalized spacial score (nSPS) is 17.1. The van der Waals surface area contributed by atoms with Gasteiger partial charge in [-0.3, -0.25) is 4.79 Å². The maximum Gasteiger partial charge on any atom is 0.329 e. The van der Waals surface area contributed by atoms with Gasteiger partial charge in [0, 0.05) is 49.4 Å². The molecule has 0 saturated carbocycles. The fourth-order valence-electron chi connectivity index (χ4n) is 4.94. The highest BCUT2D eigenvalue weighted by molar-refractivity contribution is 7.13. The third-order valence-electron chi connectivity index (χ3n) is 6.67. The molecule has 8 heteroatoms. The zero-order valence-electron chi connectivity index (χ0n) is 20.8. The maximum absolute atomic E-state index is 13.1. The van der Waals surface area contributed by atoms with Crippen LogP contribution < -0.4 is 9.80 Å². The molecule has 0 radical (unpaired) electrons. The second kappa shape index (κ2) is 9.15. The molecule has 0 N–H and O–H groups in total. The van der Waals surface area contributed by atoms with Gasteiger partial charge in [-0.1, -0.05) is 19.1 Å². The zero-order chi connectivity index (χ0) is 24.7. The minimum absolute atomic E-state index is 0.0931.